The zero-order chi connectivity index (χ0) is 13.2. The lowest BCUT2D eigenvalue weighted by molar-refractivity contribution is 0.0844. The van der Waals surface area contributed by atoms with E-state index < -0.39 is 6.10 Å². The highest BCUT2D eigenvalue weighted by molar-refractivity contribution is 5.55. The number of methoxy groups -OCH3 is 1. The summed E-state index contributed by atoms with van der Waals surface area (Å²) in [6.07, 6.45) is 5.46. The predicted octanol–water partition coefficient (Wildman–Crippen LogP) is 3.04. The summed E-state index contributed by atoms with van der Waals surface area (Å²) < 4.78 is 16.1. The fourth-order valence-corrected chi connectivity index (χ4v) is 3.04. The third-order valence-corrected chi connectivity index (χ3v) is 4.12. The Labute approximate surface area is 113 Å². The normalized spacial score (nSPS) is 20.3. The highest BCUT2D eigenvalue weighted by atomic mass is 16.7. The van der Waals surface area contributed by atoms with Crippen molar-refractivity contribution in [1.29, 1.82) is 0 Å². The van der Waals surface area contributed by atoms with Crippen molar-refractivity contribution in [2.75, 3.05) is 13.9 Å². The second-order valence-corrected chi connectivity index (χ2v) is 5.30. The topological polar surface area (TPSA) is 47.9 Å². The lowest BCUT2D eigenvalue weighted by atomic mass is 9.82. The molecule has 19 heavy (non-hydrogen) atoms. The molecule has 1 saturated carbocycles. The average molecular weight is 264 g/mol. The van der Waals surface area contributed by atoms with E-state index in [9.17, 15) is 5.11 Å². The van der Waals surface area contributed by atoms with Crippen molar-refractivity contribution in [2.45, 2.75) is 38.2 Å². The first-order chi connectivity index (χ1) is 9.29. The molecule has 1 atom stereocenters. The molecule has 1 fully saturated rings. The molecule has 0 radical (unpaired) electrons. The van der Waals surface area contributed by atoms with Crippen LogP contribution in [0.4, 0.5) is 0 Å². The molecule has 0 aromatic heterocycles. The zero-order valence-corrected chi connectivity index (χ0v) is 11.2. The van der Waals surface area contributed by atoms with Crippen LogP contribution in [0.3, 0.4) is 0 Å². The quantitative estimate of drug-likeness (QED) is 0.911. The summed E-state index contributed by atoms with van der Waals surface area (Å²) in [7, 11) is 1.61. The molecule has 104 valence electrons. The summed E-state index contributed by atoms with van der Waals surface area (Å²) in [6, 6.07) is 3.75. The fourth-order valence-electron chi connectivity index (χ4n) is 3.04. The Balaban J connectivity index is 1.87. The molecule has 1 N–H and O–H groups in total. The van der Waals surface area contributed by atoms with Gasteiger partial charge in [0.1, 0.15) is 0 Å². The standard InChI is InChI=1S/C15H20O4/c1-17-12-7-11(8-13-15(12)19-9-18-13)14(16)10-5-3-2-4-6-10/h7-8,10,14,16H,2-6,9H2,1H3. The number of rotatable bonds is 3. The smallest absolute Gasteiger partial charge is 0.231 e. The molecule has 0 spiro atoms. The monoisotopic (exact) mass is 264 g/mol. The Hall–Kier alpha value is -1.42. The van der Waals surface area contributed by atoms with Crippen LogP contribution in [-0.4, -0.2) is 19.0 Å². The van der Waals surface area contributed by atoms with E-state index in [1.807, 2.05) is 12.1 Å². The van der Waals surface area contributed by atoms with Gasteiger partial charge in [-0.25, -0.2) is 0 Å². The van der Waals surface area contributed by atoms with E-state index in [2.05, 4.69) is 0 Å². The fraction of sp³-hybridized carbons (Fsp3) is 0.600. The summed E-state index contributed by atoms with van der Waals surface area (Å²) in [5.41, 5.74) is 0.869. The lowest BCUT2D eigenvalue weighted by Gasteiger charge is -2.27. The molecule has 2 aliphatic rings. The Bertz CT molecular complexity index is 452. The first kappa shape index (κ1) is 12.6. The van der Waals surface area contributed by atoms with Crippen LogP contribution >= 0.6 is 0 Å². The van der Waals surface area contributed by atoms with E-state index in [1.165, 1.54) is 19.3 Å². The minimum Gasteiger partial charge on any atom is -0.493 e. The molecule has 0 saturated heterocycles. The van der Waals surface area contributed by atoms with Gasteiger partial charge in [0.25, 0.3) is 0 Å². The van der Waals surface area contributed by atoms with Gasteiger partial charge in [-0.1, -0.05) is 19.3 Å². The van der Waals surface area contributed by atoms with E-state index in [0.29, 0.717) is 23.2 Å². The van der Waals surface area contributed by atoms with Crippen LogP contribution in [-0.2, 0) is 0 Å². The molecule has 1 aromatic rings. The Morgan fingerprint density at radius 3 is 2.74 bits per heavy atom. The van der Waals surface area contributed by atoms with Crippen LogP contribution in [0.25, 0.3) is 0 Å². The maximum absolute atomic E-state index is 10.5. The van der Waals surface area contributed by atoms with Gasteiger partial charge in [0.2, 0.25) is 12.5 Å². The lowest BCUT2D eigenvalue weighted by Crippen LogP contribution is -2.16. The van der Waals surface area contributed by atoms with Crippen molar-refractivity contribution in [3.63, 3.8) is 0 Å². The summed E-state index contributed by atoms with van der Waals surface area (Å²) in [6.45, 7) is 0.217. The van der Waals surface area contributed by atoms with Crippen molar-refractivity contribution < 1.29 is 19.3 Å². The van der Waals surface area contributed by atoms with Gasteiger partial charge in [-0.05, 0) is 36.5 Å². The van der Waals surface area contributed by atoms with Crippen LogP contribution in [0.5, 0.6) is 17.2 Å². The van der Waals surface area contributed by atoms with E-state index in [1.54, 1.807) is 7.11 Å². The minimum atomic E-state index is -0.441. The van der Waals surface area contributed by atoms with Crippen molar-refractivity contribution in [2.24, 2.45) is 5.92 Å². The molecule has 4 nitrogen and oxygen atoms in total. The van der Waals surface area contributed by atoms with Crippen molar-refractivity contribution in [1.82, 2.24) is 0 Å². The predicted molar refractivity (Wildman–Crippen MR) is 70.7 cm³/mol. The van der Waals surface area contributed by atoms with Crippen molar-refractivity contribution in [3.8, 4) is 17.2 Å². The van der Waals surface area contributed by atoms with E-state index >= 15 is 0 Å². The van der Waals surface area contributed by atoms with E-state index in [-0.39, 0.29) is 6.79 Å². The van der Waals surface area contributed by atoms with Gasteiger partial charge < -0.3 is 19.3 Å². The molecule has 1 aliphatic carbocycles. The Kier molecular flexibility index (Phi) is 3.51. The third kappa shape index (κ3) is 2.37. The van der Waals surface area contributed by atoms with Crippen molar-refractivity contribution >= 4 is 0 Å². The van der Waals surface area contributed by atoms with Gasteiger partial charge in [0.15, 0.2) is 11.5 Å². The molecule has 1 unspecified atom stereocenters. The van der Waals surface area contributed by atoms with Crippen LogP contribution in [0.1, 0.15) is 43.8 Å². The van der Waals surface area contributed by atoms with Crippen LogP contribution in [0.15, 0.2) is 12.1 Å². The van der Waals surface area contributed by atoms with Crippen LogP contribution < -0.4 is 14.2 Å². The van der Waals surface area contributed by atoms with Gasteiger partial charge in [0, 0.05) is 0 Å². The van der Waals surface area contributed by atoms with Crippen LogP contribution in [0, 0.1) is 5.92 Å². The second-order valence-electron chi connectivity index (χ2n) is 5.30. The van der Waals surface area contributed by atoms with Gasteiger partial charge in [-0.3, -0.25) is 0 Å². The molecule has 3 rings (SSSR count). The number of aliphatic hydroxyl groups excluding tert-OH is 1. The Morgan fingerprint density at radius 1 is 1.21 bits per heavy atom. The number of fused-ring (bicyclic) bond motifs is 1. The number of aliphatic hydroxyl groups is 1. The maximum atomic E-state index is 10.5. The van der Waals surface area contributed by atoms with E-state index in [0.717, 1.165) is 18.4 Å². The maximum Gasteiger partial charge on any atom is 0.231 e. The highest BCUT2D eigenvalue weighted by Crippen LogP contribution is 2.45. The molecule has 0 amide bonds. The summed E-state index contributed by atoms with van der Waals surface area (Å²) >= 11 is 0. The molecule has 1 aliphatic heterocycles. The Morgan fingerprint density at radius 2 is 2.00 bits per heavy atom. The third-order valence-electron chi connectivity index (χ3n) is 4.12. The second kappa shape index (κ2) is 5.29. The molecule has 1 heterocycles. The number of hydrogen-bond acceptors (Lipinski definition) is 4. The van der Waals surface area contributed by atoms with Gasteiger partial charge in [-0.15, -0.1) is 0 Å². The van der Waals surface area contributed by atoms with Crippen molar-refractivity contribution in [3.05, 3.63) is 17.7 Å². The SMILES string of the molecule is COc1cc(C(O)C2CCCCC2)cc2c1OCO2. The van der Waals surface area contributed by atoms with E-state index in [4.69, 9.17) is 14.2 Å². The number of benzene rings is 1. The largest absolute Gasteiger partial charge is 0.493 e. The van der Waals surface area contributed by atoms with Gasteiger partial charge >= 0.3 is 0 Å². The summed E-state index contributed by atoms with van der Waals surface area (Å²) in [4.78, 5) is 0. The molecule has 4 heteroatoms. The molecule has 0 bridgehead atoms. The molecule has 1 aromatic carbocycles. The average Bonchev–Trinajstić information content (AvgIpc) is 2.94. The molecular weight excluding hydrogens is 244 g/mol. The highest BCUT2D eigenvalue weighted by Gasteiger charge is 2.27. The minimum absolute atomic E-state index is 0.217. The summed E-state index contributed by atoms with van der Waals surface area (Å²) in [5.74, 6) is 2.30. The number of hydrogen-bond donors (Lipinski definition) is 1. The van der Waals surface area contributed by atoms with Gasteiger partial charge in [-0.2, -0.15) is 0 Å². The molecular formula is C15H20O4. The zero-order valence-electron chi connectivity index (χ0n) is 11.2. The summed E-state index contributed by atoms with van der Waals surface area (Å²) in [5, 5.41) is 10.5. The van der Waals surface area contributed by atoms with Gasteiger partial charge in [0.05, 0.1) is 13.2 Å². The van der Waals surface area contributed by atoms with Crippen LogP contribution in [0.2, 0.25) is 0 Å². The number of ether oxygens (including phenoxy) is 3. The first-order valence-electron chi connectivity index (χ1n) is 6.95. The first-order valence-corrected chi connectivity index (χ1v) is 6.95.